The van der Waals surface area contributed by atoms with E-state index in [0.717, 1.165) is 10.6 Å². The third kappa shape index (κ3) is 1.98. The Bertz CT molecular complexity index is 386. The minimum atomic E-state index is -1.07. The standard InChI is InChI=1S/C9H13N3O3/c1-6-7(4-10-12(6)3)8(9(14)15)11(2)5-13/h4-5,8H,1-3H3,(H,14,15). The lowest BCUT2D eigenvalue weighted by molar-refractivity contribution is -0.145. The van der Waals surface area contributed by atoms with Crippen molar-refractivity contribution in [1.82, 2.24) is 14.7 Å². The van der Waals surface area contributed by atoms with Gasteiger partial charge in [0.1, 0.15) is 0 Å². The number of hydrogen-bond donors (Lipinski definition) is 1. The van der Waals surface area contributed by atoms with Gasteiger partial charge in [0.2, 0.25) is 6.41 Å². The SMILES string of the molecule is Cc1c(C(C(=O)O)N(C)C=O)cnn1C. The fraction of sp³-hybridized carbons (Fsp3) is 0.444. The summed E-state index contributed by atoms with van der Waals surface area (Å²) in [5.41, 5.74) is 1.26. The second-order valence-corrected chi connectivity index (χ2v) is 3.32. The molecule has 0 aliphatic carbocycles. The second-order valence-electron chi connectivity index (χ2n) is 3.32. The predicted octanol–water partition coefficient (Wildman–Crippen LogP) is -0.0576. The molecule has 82 valence electrons. The van der Waals surface area contributed by atoms with Crippen LogP contribution in [-0.2, 0) is 16.6 Å². The molecule has 0 fully saturated rings. The lowest BCUT2D eigenvalue weighted by Crippen LogP contribution is -2.30. The van der Waals surface area contributed by atoms with Gasteiger partial charge >= 0.3 is 5.97 Å². The monoisotopic (exact) mass is 211 g/mol. The molecule has 0 saturated carbocycles. The minimum absolute atomic E-state index is 0.491. The first-order chi connectivity index (χ1) is 6.99. The van der Waals surface area contributed by atoms with Gasteiger partial charge in [-0.05, 0) is 6.92 Å². The van der Waals surface area contributed by atoms with E-state index in [1.54, 1.807) is 18.7 Å². The summed E-state index contributed by atoms with van der Waals surface area (Å²) in [6.45, 7) is 1.76. The molecule has 1 N–H and O–H groups in total. The quantitative estimate of drug-likeness (QED) is 0.708. The van der Waals surface area contributed by atoms with Gasteiger partial charge in [-0.15, -0.1) is 0 Å². The topological polar surface area (TPSA) is 75.4 Å². The van der Waals surface area contributed by atoms with Crippen molar-refractivity contribution in [2.75, 3.05) is 7.05 Å². The molecule has 0 aliphatic heterocycles. The van der Waals surface area contributed by atoms with Gasteiger partial charge in [0.15, 0.2) is 6.04 Å². The molecule has 1 unspecified atom stereocenters. The summed E-state index contributed by atoms with van der Waals surface area (Å²) in [4.78, 5) is 22.7. The number of carboxylic acids is 1. The van der Waals surface area contributed by atoms with E-state index in [9.17, 15) is 9.59 Å². The molecule has 1 rings (SSSR count). The molecule has 0 radical (unpaired) electrons. The van der Waals surface area contributed by atoms with Crippen LogP contribution in [0.3, 0.4) is 0 Å². The van der Waals surface area contributed by atoms with Gasteiger partial charge in [-0.3, -0.25) is 9.48 Å². The van der Waals surface area contributed by atoms with Crippen LogP contribution in [0.4, 0.5) is 0 Å². The summed E-state index contributed by atoms with van der Waals surface area (Å²) in [7, 11) is 3.15. The average molecular weight is 211 g/mol. The lowest BCUT2D eigenvalue weighted by Gasteiger charge is -2.19. The number of carbonyl (C=O) groups excluding carboxylic acids is 1. The van der Waals surface area contributed by atoms with Gasteiger partial charge in [-0.1, -0.05) is 0 Å². The number of likely N-dealkylation sites (N-methyl/N-ethyl adjacent to an activating group) is 1. The highest BCUT2D eigenvalue weighted by Gasteiger charge is 2.27. The molecule has 1 amide bonds. The number of aliphatic carboxylic acids is 1. The Kier molecular flexibility index (Phi) is 3.08. The maximum atomic E-state index is 11.0. The van der Waals surface area contributed by atoms with Crippen molar-refractivity contribution in [2.24, 2.45) is 7.05 Å². The van der Waals surface area contributed by atoms with E-state index in [-0.39, 0.29) is 0 Å². The van der Waals surface area contributed by atoms with E-state index >= 15 is 0 Å². The summed E-state index contributed by atoms with van der Waals surface area (Å²) in [5.74, 6) is -1.07. The lowest BCUT2D eigenvalue weighted by atomic mass is 10.1. The van der Waals surface area contributed by atoms with E-state index in [4.69, 9.17) is 5.11 Å². The number of hydrogen-bond acceptors (Lipinski definition) is 3. The Morgan fingerprint density at radius 2 is 2.33 bits per heavy atom. The third-order valence-corrected chi connectivity index (χ3v) is 2.38. The van der Waals surface area contributed by atoms with Crippen LogP contribution in [0.15, 0.2) is 6.20 Å². The van der Waals surface area contributed by atoms with Crippen LogP contribution in [-0.4, -0.2) is 39.2 Å². The molecule has 0 bridgehead atoms. The third-order valence-electron chi connectivity index (χ3n) is 2.38. The number of nitrogens with zero attached hydrogens (tertiary/aromatic N) is 3. The molecule has 0 saturated heterocycles. The van der Waals surface area contributed by atoms with E-state index in [1.807, 2.05) is 0 Å². The van der Waals surface area contributed by atoms with E-state index < -0.39 is 12.0 Å². The van der Waals surface area contributed by atoms with E-state index in [2.05, 4.69) is 5.10 Å². The van der Waals surface area contributed by atoms with Crippen LogP contribution >= 0.6 is 0 Å². The highest BCUT2D eigenvalue weighted by Crippen LogP contribution is 2.21. The first kappa shape index (κ1) is 11.2. The van der Waals surface area contributed by atoms with Crippen molar-refractivity contribution in [3.05, 3.63) is 17.5 Å². The van der Waals surface area contributed by atoms with E-state index in [1.165, 1.54) is 13.2 Å². The minimum Gasteiger partial charge on any atom is -0.479 e. The Labute approximate surface area is 87.1 Å². The van der Waals surface area contributed by atoms with Crippen LogP contribution < -0.4 is 0 Å². The van der Waals surface area contributed by atoms with Gasteiger partial charge in [-0.2, -0.15) is 5.10 Å². The summed E-state index contributed by atoms with van der Waals surface area (Å²) in [6, 6.07) is -0.976. The number of carboxylic acid groups (broad SMARTS) is 1. The van der Waals surface area contributed by atoms with E-state index in [0.29, 0.717) is 12.0 Å². The molecule has 1 heterocycles. The van der Waals surface area contributed by atoms with Crippen molar-refractivity contribution in [2.45, 2.75) is 13.0 Å². The molecule has 15 heavy (non-hydrogen) atoms. The van der Waals surface area contributed by atoms with Crippen molar-refractivity contribution >= 4 is 12.4 Å². The maximum absolute atomic E-state index is 11.0. The summed E-state index contributed by atoms with van der Waals surface area (Å²) in [5, 5.41) is 13.0. The molecule has 1 aromatic heterocycles. The van der Waals surface area contributed by atoms with Gasteiger partial charge in [0.25, 0.3) is 0 Å². The second kappa shape index (κ2) is 4.12. The van der Waals surface area contributed by atoms with Gasteiger partial charge < -0.3 is 10.0 Å². The Balaban J connectivity index is 3.15. The highest BCUT2D eigenvalue weighted by atomic mass is 16.4. The Morgan fingerprint density at radius 1 is 1.73 bits per heavy atom. The number of aryl methyl sites for hydroxylation is 1. The number of rotatable bonds is 4. The zero-order chi connectivity index (χ0) is 11.6. The maximum Gasteiger partial charge on any atom is 0.331 e. The summed E-state index contributed by atoms with van der Waals surface area (Å²) in [6.07, 6.45) is 1.96. The largest absolute Gasteiger partial charge is 0.479 e. The first-order valence-electron chi connectivity index (χ1n) is 4.37. The molecular formula is C9H13N3O3. The molecule has 1 aromatic rings. The van der Waals surface area contributed by atoms with Gasteiger partial charge in [0, 0.05) is 25.4 Å². The van der Waals surface area contributed by atoms with Gasteiger partial charge in [-0.25, -0.2) is 4.79 Å². The summed E-state index contributed by atoms with van der Waals surface area (Å²) < 4.78 is 1.57. The van der Waals surface area contributed by atoms with Crippen LogP contribution in [0.2, 0.25) is 0 Å². The zero-order valence-corrected chi connectivity index (χ0v) is 8.84. The Morgan fingerprint density at radius 3 is 2.67 bits per heavy atom. The average Bonchev–Trinajstić information content (AvgIpc) is 2.49. The van der Waals surface area contributed by atoms with Crippen molar-refractivity contribution < 1.29 is 14.7 Å². The van der Waals surface area contributed by atoms with Crippen LogP contribution in [0.5, 0.6) is 0 Å². The molecule has 1 atom stereocenters. The normalized spacial score (nSPS) is 12.2. The Hall–Kier alpha value is -1.85. The molecular weight excluding hydrogens is 198 g/mol. The molecule has 0 aliphatic rings. The fourth-order valence-electron chi connectivity index (χ4n) is 1.37. The number of aromatic nitrogens is 2. The summed E-state index contributed by atoms with van der Waals surface area (Å²) >= 11 is 0. The predicted molar refractivity (Wildman–Crippen MR) is 52.1 cm³/mol. The van der Waals surface area contributed by atoms with Crippen molar-refractivity contribution in [3.8, 4) is 0 Å². The van der Waals surface area contributed by atoms with Gasteiger partial charge in [0.05, 0.1) is 6.20 Å². The first-order valence-corrected chi connectivity index (χ1v) is 4.37. The molecule has 6 nitrogen and oxygen atoms in total. The van der Waals surface area contributed by atoms with Crippen LogP contribution in [0.1, 0.15) is 17.3 Å². The number of carbonyl (C=O) groups is 2. The molecule has 0 spiro atoms. The highest BCUT2D eigenvalue weighted by molar-refractivity contribution is 5.78. The van der Waals surface area contributed by atoms with Crippen molar-refractivity contribution in [3.63, 3.8) is 0 Å². The number of amides is 1. The molecule has 6 heteroatoms. The zero-order valence-electron chi connectivity index (χ0n) is 8.84. The van der Waals surface area contributed by atoms with Crippen molar-refractivity contribution in [1.29, 1.82) is 0 Å². The molecule has 0 aromatic carbocycles. The van der Waals surface area contributed by atoms with Crippen LogP contribution in [0, 0.1) is 6.92 Å². The smallest absolute Gasteiger partial charge is 0.331 e. The van der Waals surface area contributed by atoms with Crippen LogP contribution in [0.25, 0.3) is 0 Å². The fourth-order valence-corrected chi connectivity index (χ4v) is 1.37.